The Hall–Kier alpha value is -0.470. The van der Waals surface area contributed by atoms with E-state index in [1.807, 2.05) is 0 Å². The van der Waals surface area contributed by atoms with Crippen molar-refractivity contribution in [2.75, 3.05) is 12.5 Å². The Balaban J connectivity index is 3.56. The zero-order chi connectivity index (χ0) is 17.1. The quantitative estimate of drug-likeness (QED) is 0.233. The normalized spacial score (nSPS) is 12.4. The van der Waals surface area contributed by atoms with Crippen LogP contribution in [0.5, 0.6) is 0 Å². The molecule has 0 atom stereocenters. The van der Waals surface area contributed by atoms with E-state index < -0.39 is 21.3 Å². The van der Waals surface area contributed by atoms with E-state index in [9.17, 15) is 22.0 Å². The predicted molar refractivity (Wildman–Crippen MR) is 79.7 cm³/mol. The lowest BCUT2D eigenvalue weighted by atomic mass is 10.1. The maximum atomic E-state index is 12.8. The maximum Gasteiger partial charge on any atom is 0.465 e. The van der Waals surface area contributed by atoms with Crippen LogP contribution in [0.3, 0.4) is 0 Å². The standard InChI is InChI=1S/C13H23ClF2O5S/c14-10-8-6-4-2-1-3-5-7-9-11-21-12(17)13(15,16)22(18,19)20/h1-11H2,(H,18,19,20). The van der Waals surface area contributed by atoms with Crippen LogP contribution in [0.15, 0.2) is 0 Å². The van der Waals surface area contributed by atoms with Gasteiger partial charge in [0.15, 0.2) is 0 Å². The fourth-order valence-corrected chi connectivity index (χ4v) is 2.25. The van der Waals surface area contributed by atoms with Gasteiger partial charge < -0.3 is 4.74 Å². The van der Waals surface area contributed by atoms with Gasteiger partial charge in [-0.2, -0.15) is 17.2 Å². The van der Waals surface area contributed by atoms with Crippen molar-refractivity contribution in [2.24, 2.45) is 0 Å². The van der Waals surface area contributed by atoms with Crippen molar-refractivity contribution in [3.63, 3.8) is 0 Å². The van der Waals surface area contributed by atoms with Crippen LogP contribution in [0.25, 0.3) is 0 Å². The first-order valence-electron chi connectivity index (χ1n) is 7.31. The summed E-state index contributed by atoms with van der Waals surface area (Å²) in [5.74, 6) is -1.55. The largest absolute Gasteiger partial charge is 0.465 e. The highest BCUT2D eigenvalue weighted by Crippen LogP contribution is 2.22. The van der Waals surface area contributed by atoms with E-state index in [1.54, 1.807) is 0 Å². The highest BCUT2D eigenvalue weighted by atomic mass is 35.5. The molecule has 0 bridgehead atoms. The Morgan fingerprint density at radius 3 is 1.77 bits per heavy atom. The molecule has 0 aromatic heterocycles. The van der Waals surface area contributed by atoms with E-state index in [2.05, 4.69) is 4.74 Å². The lowest BCUT2D eigenvalue weighted by Crippen LogP contribution is -2.39. The minimum absolute atomic E-state index is 0.292. The lowest BCUT2D eigenvalue weighted by molar-refractivity contribution is -0.161. The summed E-state index contributed by atoms with van der Waals surface area (Å²) in [7, 11) is -5.78. The Kier molecular flexibility index (Phi) is 10.9. The van der Waals surface area contributed by atoms with Gasteiger partial charge in [0.1, 0.15) is 0 Å². The molecular weight excluding hydrogens is 342 g/mol. The summed E-state index contributed by atoms with van der Waals surface area (Å²) in [4.78, 5) is 10.9. The fourth-order valence-electron chi connectivity index (χ4n) is 1.79. The molecule has 0 heterocycles. The van der Waals surface area contributed by atoms with Crippen molar-refractivity contribution < 1.29 is 31.3 Å². The van der Waals surface area contributed by atoms with Gasteiger partial charge in [-0.1, -0.05) is 44.9 Å². The van der Waals surface area contributed by atoms with Crippen LogP contribution in [0.2, 0.25) is 0 Å². The number of rotatable bonds is 13. The van der Waals surface area contributed by atoms with Gasteiger partial charge in [-0.15, -0.1) is 11.6 Å². The summed E-state index contributed by atoms with van der Waals surface area (Å²) in [6.45, 7) is -0.292. The molecule has 9 heteroatoms. The van der Waals surface area contributed by atoms with E-state index in [4.69, 9.17) is 16.2 Å². The van der Waals surface area contributed by atoms with Gasteiger partial charge in [-0.3, -0.25) is 4.55 Å². The van der Waals surface area contributed by atoms with Gasteiger partial charge in [0, 0.05) is 5.88 Å². The Bertz CT molecular complexity index is 415. The number of hydrogen-bond donors (Lipinski definition) is 1. The zero-order valence-corrected chi connectivity index (χ0v) is 14.0. The number of halogens is 3. The molecule has 0 rings (SSSR count). The van der Waals surface area contributed by atoms with E-state index in [1.165, 1.54) is 0 Å². The maximum absolute atomic E-state index is 12.8. The van der Waals surface area contributed by atoms with Crippen molar-refractivity contribution >= 4 is 27.7 Å². The molecule has 0 spiro atoms. The highest BCUT2D eigenvalue weighted by molar-refractivity contribution is 7.87. The number of hydrogen-bond acceptors (Lipinski definition) is 4. The molecule has 0 fully saturated rings. The van der Waals surface area contributed by atoms with Crippen LogP contribution >= 0.6 is 11.6 Å². The average Bonchev–Trinajstić information content (AvgIpc) is 2.43. The number of unbranched alkanes of at least 4 members (excludes halogenated alkanes) is 8. The zero-order valence-electron chi connectivity index (χ0n) is 12.4. The molecule has 0 aromatic carbocycles. The van der Waals surface area contributed by atoms with Gasteiger partial charge in [-0.05, 0) is 12.8 Å². The van der Waals surface area contributed by atoms with Crippen LogP contribution in [-0.4, -0.2) is 36.7 Å². The molecule has 22 heavy (non-hydrogen) atoms. The molecule has 0 aliphatic carbocycles. The summed E-state index contributed by atoms with van der Waals surface area (Å²) in [5.41, 5.74) is 0. The van der Waals surface area contributed by atoms with Gasteiger partial charge in [0.25, 0.3) is 0 Å². The minimum Gasteiger partial charge on any atom is -0.460 e. The average molecular weight is 365 g/mol. The molecule has 0 unspecified atom stereocenters. The Morgan fingerprint density at radius 2 is 1.36 bits per heavy atom. The molecule has 5 nitrogen and oxygen atoms in total. The highest BCUT2D eigenvalue weighted by Gasteiger charge is 2.54. The first-order valence-corrected chi connectivity index (χ1v) is 9.29. The van der Waals surface area contributed by atoms with Crippen LogP contribution in [0, 0.1) is 0 Å². The SMILES string of the molecule is O=C(OCCCCCCCCCCCCl)C(F)(F)S(=O)(=O)O. The third kappa shape index (κ3) is 8.85. The fraction of sp³-hybridized carbons (Fsp3) is 0.923. The smallest absolute Gasteiger partial charge is 0.460 e. The minimum atomic E-state index is -5.78. The number of esters is 1. The molecule has 0 aliphatic heterocycles. The molecule has 0 saturated heterocycles. The summed E-state index contributed by atoms with van der Waals surface area (Å²) in [5, 5.41) is -4.91. The van der Waals surface area contributed by atoms with E-state index in [0.717, 1.165) is 44.9 Å². The van der Waals surface area contributed by atoms with Crippen molar-refractivity contribution in [1.82, 2.24) is 0 Å². The second-order valence-corrected chi connectivity index (χ2v) is 6.84. The third-order valence-electron chi connectivity index (χ3n) is 3.07. The topological polar surface area (TPSA) is 80.7 Å². The molecular formula is C13H23ClF2O5S. The first kappa shape index (κ1) is 21.5. The number of ether oxygens (including phenoxy) is 1. The summed E-state index contributed by atoms with van der Waals surface area (Å²) in [6, 6.07) is 0. The van der Waals surface area contributed by atoms with Crippen LogP contribution in [0.1, 0.15) is 57.8 Å². The third-order valence-corrected chi connectivity index (χ3v) is 4.15. The van der Waals surface area contributed by atoms with Gasteiger partial charge in [0.05, 0.1) is 6.61 Å². The molecule has 132 valence electrons. The summed E-state index contributed by atoms with van der Waals surface area (Å²) >= 11 is 5.56. The van der Waals surface area contributed by atoms with E-state index >= 15 is 0 Å². The van der Waals surface area contributed by atoms with Crippen molar-refractivity contribution in [2.45, 2.75) is 63.0 Å². The Labute approximate surface area is 135 Å². The predicted octanol–water partition coefficient (Wildman–Crippen LogP) is 3.76. The molecule has 1 N–H and O–H groups in total. The van der Waals surface area contributed by atoms with Crippen molar-refractivity contribution in [3.05, 3.63) is 0 Å². The van der Waals surface area contributed by atoms with Crippen LogP contribution in [0.4, 0.5) is 8.78 Å². The van der Waals surface area contributed by atoms with E-state index in [0.29, 0.717) is 18.7 Å². The van der Waals surface area contributed by atoms with Crippen molar-refractivity contribution in [1.29, 1.82) is 0 Å². The first-order chi connectivity index (χ1) is 10.2. The number of carbonyl (C=O) groups excluding carboxylic acids is 1. The molecule has 0 aliphatic rings. The number of carbonyl (C=O) groups is 1. The molecule has 0 saturated carbocycles. The lowest BCUT2D eigenvalue weighted by Gasteiger charge is -2.11. The summed E-state index contributed by atoms with van der Waals surface area (Å²) < 4.78 is 58.6. The second kappa shape index (κ2) is 11.1. The van der Waals surface area contributed by atoms with Crippen LogP contribution < -0.4 is 0 Å². The van der Waals surface area contributed by atoms with Gasteiger partial charge in [0.2, 0.25) is 0 Å². The van der Waals surface area contributed by atoms with Gasteiger partial charge >= 0.3 is 21.3 Å². The van der Waals surface area contributed by atoms with Crippen LogP contribution in [-0.2, 0) is 19.6 Å². The molecule has 0 radical (unpaired) electrons. The number of alkyl halides is 3. The van der Waals surface area contributed by atoms with E-state index in [-0.39, 0.29) is 6.61 Å². The molecule has 0 aromatic rings. The van der Waals surface area contributed by atoms with Crippen molar-refractivity contribution in [3.8, 4) is 0 Å². The Morgan fingerprint density at radius 1 is 0.955 bits per heavy atom. The second-order valence-electron chi connectivity index (χ2n) is 5.00. The summed E-state index contributed by atoms with van der Waals surface area (Å²) in [6.07, 6.45) is 8.50. The monoisotopic (exact) mass is 364 g/mol. The van der Waals surface area contributed by atoms with Gasteiger partial charge in [-0.25, -0.2) is 4.79 Å². The molecule has 0 amide bonds.